The van der Waals surface area contributed by atoms with Gasteiger partial charge in [0.25, 0.3) is 0 Å². The molecule has 1 aliphatic rings. The van der Waals surface area contributed by atoms with E-state index in [0.717, 1.165) is 0 Å². The van der Waals surface area contributed by atoms with E-state index in [1.165, 1.54) is 0 Å². The molecule has 0 atom stereocenters. The molecule has 0 aromatic carbocycles. The SMILES string of the molecule is CN(C)c1ncc2ncn(CC3(OCP(=O)(OCOC(=O)C(C)(C)C)OCOC(=O)C(C)(C)C)CC3)c2n1. The predicted molar refractivity (Wildman–Crippen MR) is 138 cm³/mol. The number of imidazole rings is 1. The van der Waals surface area contributed by atoms with Crippen molar-refractivity contribution in [3.63, 3.8) is 0 Å². The van der Waals surface area contributed by atoms with Gasteiger partial charge < -0.3 is 23.7 Å². The Morgan fingerprint density at radius 3 is 2.03 bits per heavy atom. The number of hydrogen-bond acceptors (Lipinski definition) is 12. The van der Waals surface area contributed by atoms with Gasteiger partial charge in [-0.3, -0.25) is 23.2 Å². The molecule has 2 heterocycles. The van der Waals surface area contributed by atoms with Crippen LogP contribution in [-0.4, -0.2) is 71.1 Å². The van der Waals surface area contributed by atoms with E-state index >= 15 is 0 Å². The first-order valence-electron chi connectivity index (χ1n) is 12.3. The summed E-state index contributed by atoms with van der Waals surface area (Å²) >= 11 is 0. The second kappa shape index (κ2) is 11.3. The quantitative estimate of drug-likeness (QED) is 0.214. The average Bonchev–Trinajstić information content (AvgIpc) is 3.47. The van der Waals surface area contributed by atoms with Crippen LogP contribution >= 0.6 is 7.60 Å². The van der Waals surface area contributed by atoms with Gasteiger partial charge in [0.05, 0.1) is 35.5 Å². The zero-order valence-corrected chi connectivity index (χ0v) is 24.2. The number of carbonyl (C=O) groups excluding carboxylic acids is 2. The lowest BCUT2D eigenvalue weighted by atomic mass is 9.98. The monoisotopic (exact) mass is 555 g/mol. The number of nitrogens with zero attached hydrogens (tertiary/aromatic N) is 5. The molecule has 1 fully saturated rings. The molecule has 38 heavy (non-hydrogen) atoms. The lowest BCUT2D eigenvalue weighted by molar-refractivity contribution is -0.162. The molecule has 212 valence electrons. The Morgan fingerprint density at radius 2 is 1.55 bits per heavy atom. The van der Waals surface area contributed by atoms with E-state index in [9.17, 15) is 14.2 Å². The van der Waals surface area contributed by atoms with E-state index in [2.05, 4.69) is 15.0 Å². The van der Waals surface area contributed by atoms with Crippen molar-refractivity contribution in [2.24, 2.45) is 10.8 Å². The van der Waals surface area contributed by atoms with Crippen LogP contribution in [0.2, 0.25) is 0 Å². The fraction of sp³-hybridized carbons (Fsp3) is 0.708. The molecular formula is C24H38N5O8P. The fourth-order valence-electron chi connectivity index (χ4n) is 3.06. The lowest BCUT2D eigenvalue weighted by Crippen LogP contribution is -2.26. The van der Waals surface area contributed by atoms with Crippen molar-refractivity contribution in [2.75, 3.05) is 38.9 Å². The smallest absolute Gasteiger partial charge is 0.361 e. The standard InChI is InChI=1S/C24H38N5O8P/c1-22(2,3)19(30)33-14-36-38(32,37-15-34-20(31)23(4,5)6)16-35-24(9-10-24)12-29-13-26-17-11-25-21(28(7)8)27-18(17)29/h11,13H,9-10,12,14-16H2,1-8H3. The number of ether oxygens (including phenoxy) is 3. The summed E-state index contributed by atoms with van der Waals surface area (Å²) < 4.78 is 42.3. The topological polar surface area (TPSA) is 144 Å². The molecule has 0 N–H and O–H groups in total. The Bertz CT molecular complexity index is 1160. The van der Waals surface area contributed by atoms with Crippen LogP contribution in [0.15, 0.2) is 12.5 Å². The maximum absolute atomic E-state index is 13.5. The number of fused-ring (bicyclic) bond motifs is 1. The van der Waals surface area contributed by atoms with E-state index in [-0.39, 0.29) is 0 Å². The van der Waals surface area contributed by atoms with E-state index < -0.39 is 55.9 Å². The van der Waals surface area contributed by atoms with Crippen LogP contribution in [-0.2, 0) is 44.0 Å². The third-order valence-electron chi connectivity index (χ3n) is 5.64. The molecule has 0 amide bonds. The summed E-state index contributed by atoms with van der Waals surface area (Å²) in [4.78, 5) is 39.2. The zero-order chi connectivity index (χ0) is 28.4. The highest BCUT2D eigenvalue weighted by Gasteiger charge is 2.47. The molecule has 0 radical (unpaired) electrons. The lowest BCUT2D eigenvalue weighted by Gasteiger charge is -2.24. The summed E-state index contributed by atoms with van der Waals surface area (Å²) in [6, 6.07) is 0. The van der Waals surface area contributed by atoms with Crippen molar-refractivity contribution in [3.8, 4) is 0 Å². The molecule has 14 heteroatoms. The first-order chi connectivity index (χ1) is 17.5. The molecule has 0 bridgehead atoms. The van der Waals surface area contributed by atoms with E-state index in [0.29, 0.717) is 36.5 Å². The maximum Gasteiger partial charge on any atom is 0.361 e. The third kappa shape index (κ3) is 7.95. The van der Waals surface area contributed by atoms with Crippen molar-refractivity contribution in [3.05, 3.63) is 12.5 Å². The van der Waals surface area contributed by atoms with Crippen molar-refractivity contribution in [2.45, 2.75) is 66.5 Å². The summed E-state index contributed by atoms with van der Waals surface area (Å²) in [6.07, 6.45) is 4.29. The molecular weight excluding hydrogens is 517 g/mol. The molecule has 3 rings (SSSR count). The van der Waals surface area contributed by atoms with Gasteiger partial charge in [0.15, 0.2) is 5.65 Å². The van der Waals surface area contributed by atoms with E-state index in [4.69, 9.17) is 23.3 Å². The van der Waals surface area contributed by atoms with Crippen molar-refractivity contribution in [1.29, 1.82) is 0 Å². The van der Waals surface area contributed by atoms with Crippen LogP contribution in [0.5, 0.6) is 0 Å². The minimum absolute atomic E-state index is 0.408. The van der Waals surface area contributed by atoms with Gasteiger partial charge in [-0.2, -0.15) is 4.98 Å². The van der Waals surface area contributed by atoms with Gasteiger partial charge in [-0.05, 0) is 54.4 Å². The van der Waals surface area contributed by atoms with Gasteiger partial charge in [-0.25, -0.2) is 9.97 Å². The maximum atomic E-state index is 13.5. The largest absolute Gasteiger partial charge is 0.438 e. The fourth-order valence-corrected chi connectivity index (χ4v) is 4.14. The Labute approximate surface area is 222 Å². The highest BCUT2D eigenvalue weighted by atomic mass is 31.2. The van der Waals surface area contributed by atoms with Crippen molar-refractivity contribution < 1.29 is 37.4 Å². The van der Waals surface area contributed by atoms with Crippen LogP contribution < -0.4 is 4.90 Å². The predicted octanol–water partition coefficient (Wildman–Crippen LogP) is 3.72. The number of hydrogen-bond donors (Lipinski definition) is 0. The van der Waals surface area contributed by atoms with E-state index in [1.54, 1.807) is 59.0 Å². The molecule has 1 aliphatic carbocycles. The molecule has 2 aromatic rings. The second-order valence-corrected chi connectivity index (χ2v) is 13.6. The summed E-state index contributed by atoms with van der Waals surface area (Å²) in [6.45, 7) is 9.30. The number of anilines is 1. The minimum Gasteiger partial charge on any atom is -0.438 e. The number of rotatable bonds is 12. The molecule has 13 nitrogen and oxygen atoms in total. The van der Waals surface area contributed by atoms with Crippen molar-refractivity contribution in [1.82, 2.24) is 19.5 Å². The average molecular weight is 556 g/mol. The molecule has 0 aliphatic heterocycles. The molecule has 1 saturated carbocycles. The molecule has 2 aromatic heterocycles. The highest BCUT2D eigenvalue weighted by Crippen LogP contribution is 2.52. The molecule has 0 unspecified atom stereocenters. The van der Waals surface area contributed by atoms with Gasteiger partial charge in [0.2, 0.25) is 19.5 Å². The normalized spacial score (nSPS) is 15.4. The Balaban J connectivity index is 1.67. The van der Waals surface area contributed by atoms with Crippen LogP contribution in [0.1, 0.15) is 54.4 Å². The molecule has 0 spiro atoms. The molecule has 0 saturated heterocycles. The minimum atomic E-state index is -3.99. The van der Waals surface area contributed by atoms with Crippen LogP contribution in [0.25, 0.3) is 11.2 Å². The van der Waals surface area contributed by atoms with Gasteiger partial charge in [-0.1, -0.05) is 0 Å². The number of carbonyl (C=O) groups is 2. The van der Waals surface area contributed by atoms with E-state index in [1.807, 2.05) is 18.7 Å². The zero-order valence-electron chi connectivity index (χ0n) is 23.3. The van der Waals surface area contributed by atoms with Crippen LogP contribution in [0, 0.1) is 10.8 Å². The summed E-state index contributed by atoms with van der Waals surface area (Å²) in [7, 11) is -0.286. The summed E-state index contributed by atoms with van der Waals surface area (Å²) in [5.74, 6) is -0.520. The van der Waals surface area contributed by atoms with Gasteiger partial charge in [0, 0.05) is 14.1 Å². The first kappa shape index (κ1) is 29.9. The first-order valence-corrected chi connectivity index (χ1v) is 14.0. The summed E-state index contributed by atoms with van der Waals surface area (Å²) in [5, 5.41) is 0. The second-order valence-electron chi connectivity index (χ2n) is 11.6. The Kier molecular flexibility index (Phi) is 8.87. The van der Waals surface area contributed by atoms with Gasteiger partial charge in [0.1, 0.15) is 11.9 Å². The van der Waals surface area contributed by atoms with Crippen LogP contribution in [0.3, 0.4) is 0 Å². The third-order valence-corrected chi connectivity index (χ3v) is 7.09. The van der Waals surface area contributed by atoms with Gasteiger partial charge in [-0.15, -0.1) is 0 Å². The summed E-state index contributed by atoms with van der Waals surface area (Å²) in [5.41, 5.74) is -0.880. The Morgan fingerprint density at radius 1 is 1.00 bits per heavy atom. The highest BCUT2D eigenvalue weighted by molar-refractivity contribution is 7.53. The van der Waals surface area contributed by atoms with Crippen LogP contribution in [0.4, 0.5) is 5.95 Å². The van der Waals surface area contributed by atoms with Gasteiger partial charge >= 0.3 is 19.5 Å². The number of esters is 2. The van der Waals surface area contributed by atoms with Crippen molar-refractivity contribution >= 4 is 36.6 Å². The Hall–Kier alpha value is -2.60. The number of aromatic nitrogens is 4.